The number of hydrazine groups is 2. The predicted molar refractivity (Wildman–Crippen MR) is 103 cm³/mol. The van der Waals surface area contributed by atoms with Crippen LogP contribution in [0.1, 0.15) is 39.1 Å². The van der Waals surface area contributed by atoms with Crippen molar-refractivity contribution in [3.05, 3.63) is 54.9 Å². The van der Waals surface area contributed by atoms with Crippen molar-refractivity contribution in [2.45, 2.75) is 27.7 Å². The van der Waals surface area contributed by atoms with Crippen molar-refractivity contribution < 1.29 is 10.1 Å². The monoisotopic (exact) mass is 386 g/mol. The molecule has 0 saturated carbocycles. The van der Waals surface area contributed by atoms with Crippen molar-refractivity contribution in [3.8, 4) is 11.4 Å². The number of nitrogens with zero attached hydrogens (tertiary/aromatic N) is 6. The van der Waals surface area contributed by atoms with Gasteiger partial charge >= 0.3 is 0 Å². The van der Waals surface area contributed by atoms with Gasteiger partial charge in [-0.25, -0.2) is 40.2 Å². The fourth-order valence-electron chi connectivity index (χ4n) is 2.20. The molecule has 0 aromatic carbocycles. The van der Waals surface area contributed by atoms with Gasteiger partial charge in [0.25, 0.3) is 11.9 Å². The molecule has 0 amide bonds. The molecule has 12 nitrogen and oxygen atoms in total. The predicted octanol–water partition coefficient (Wildman–Crippen LogP) is 2.99. The van der Waals surface area contributed by atoms with Crippen LogP contribution >= 0.6 is 0 Å². The number of rotatable bonds is 7. The molecule has 0 fully saturated rings. The molecule has 2 heterocycles. The second kappa shape index (κ2) is 8.62. The summed E-state index contributed by atoms with van der Waals surface area (Å²) in [5.41, 5.74) is 6.98. The van der Waals surface area contributed by atoms with Crippen molar-refractivity contribution in [2.75, 3.05) is 10.9 Å². The highest BCUT2D eigenvalue weighted by Gasteiger charge is 2.14. The number of anilines is 2. The number of nitrogens with one attached hydrogen (secondary N) is 2. The zero-order valence-electron chi connectivity index (χ0n) is 15.6. The highest BCUT2D eigenvalue weighted by Crippen LogP contribution is 2.22. The van der Waals surface area contributed by atoms with Crippen LogP contribution in [0.3, 0.4) is 0 Å². The largest absolute Gasteiger partial charge is 0.286 e. The second-order valence-electron chi connectivity index (χ2n) is 6.18. The number of nitro groups is 2. The molecule has 0 radical (unpaired) electrons. The van der Waals surface area contributed by atoms with Crippen LogP contribution in [0, 0.1) is 20.2 Å². The first-order chi connectivity index (χ1) is 13.1. The van der Waals surface area contributed by atoms with E-state index in [1.54, 1.807) is 24.3 Å². The summed E-state index contributed by atoms with van der Waals surface area (Å²) >= 11 is 0. The van der Waals surface area contributed by atoms with Crippen LogP contribution in [0.5, 0.6) is 0 Å². The zero-order chi connectivity index (χ0) is 20.8. The molecule has 0 bridgehead atoms. The van der Waals surface area contributed by atoms with Gasteiger partial charge in [-0.05, 0) is 52.0 Å². The van der Waals surface area contributed by atoms with Crippen LogP contribution in [0.2, 0.25) is 0 Å². The Morgan fingerprint density at radius 2 is 1.14 bits per heavy atom. The molecule has 2 N–H and O–H groups in total. The Bertz CT molecular complexity index is 899. The maximum Gasteiger partial charge on any atom is 0.286 e. The van der Waals surface area contributed by atoms with Crippen molar-refractivity contribution >= 4 is 24.0 Å². The summed E-state index contributed by atoms with van der Waals surface area (Å²) in [5.74, 6) is -0.470. The molecule has 12 heteroatoms. The summed E-state index contributed by atoms with van der Waals surface area (Å²) in [5, 5.41) is 20.0. The Kier molecular flexibility index (Phi) is 6.26. The lowest BCUT2D eigenvalue weighted by Crippen LogP contribution is -2.13. The summed E-state index contributed by atoms with van der Waals surface area (Å²) in [6, 6.07) is 3.14. The molecule has 2 aromatic heterocycles. The van der Waals surface area contributed by atoms with Gasteiger partial charge in [-0.15, -0.1) is 0 Å². The van der Waals surface area contributed by atoms with Gasteiger partial charge in [-0.1, -0.05) is 22.0 Å². The number of hydrogen-bond acceptors (Lipinski definition) is 8. The molecule has 0 aliphatic heterocycles. The third kappa shape index (κ3) is 6.09. The third-order valence-electron chi connectivity index (χ3n) is 3.01. The van der Waals surface area contributed by atoms with Crippen molar-refractivity contribution in [2.24, 2.45) is 0 Å². The van der Waals surface area contributed by atoms with E-state index < -0.39 is 10.1 Å². The molecular weight excluding hydrogens is 368 g/mol. The van der Waals surface area contributed by atoms with Crippen LogP contribution in [0.25, 0.3) is 23.5 Å². The quantitative estimate of drug-likeness (QED) is 0.534. The Morgan fingerprint density at radius 3 is 1.43 bits per heavy atom. The Hall–Kier alpha value is -3.96. The van der Waals surface area contributed by atoms with E-state index in [9.17, 15) is 20.2 Å². The Labute approximate surface area is 159 Å². The fourth-order valence-corrected chi connectivity index (χ4v) is 2.20. The summed E-state index contributed by atoms with van der Waals surface area (Å²) < 4.78 is 0. The van der Waals surface area contributed by atoms with Gasteiger partial charge in [0.1, 0.15) is 0 Å². The Balaban J connectivity index is 2.66. The average Bonchev–Trinajstić information content (AvgIpc) is 2.51. The minimum Gasteiger partial charge on any atom is -0.234 e. The van der Waals surface area contributed by atoms with Crippen LogP contribution < -0.4 is 10.9 Å². The van der Waals surface area contributed by atoms with Gasteiger partial charge in [-0.2, -0.15) is 0 Å². The first kappa shape index (κ1) is 20.4. The van der Waals surface area contributed by atoms with E-state index in [-0.39, 0.29) is 23.3 Å². The number of aromatic nitrogens is 4. The smallest absolute Gasteiger partial charge is 0.234 e. The van der Waals surface area contributed by atoms with E-state index in [0.29, 0.717) is 11.4 Å². The molecule has 28 heavy (non-hydrogen) atoms. The summed E-state index contributed by atoms with van der Waals surface area (Å²) in [4.78, 5) is 37.9. The highest BCUT2D eigenvalue weighted by atomic mass is 16.7. The topological polar surface area (TPSA) is 162 Å². The van der Waals surface area contributed by atoms with Crippen molar-refractivity contribution in [1.82, 2.24) is 19.9 Å². The first-order valence-electron chi connectivity index (χ1n) is 8.03. The molecular formula is C16H18N8O4. The van der Waals surface area contributed by atoms with Crippen LogP contribution in [-0.2, 0) is 0 Å². The highest BCUT2D eigenvalue weighted by molar-refractivity contribution is 5.65. The van der Waals surface area contributed by atoms with E-state index in [2.05, 4.69) is 19.9 Å². The first-order valence-corrected chi connectivity index (χ1v) is 8.03. The fraction of sp³-hybridized carbons (Fsp3) is 0.250. The normalized spacial score (nSPS) is 10.0. The maximum absolute atomic E-state index is 10.8. The minimum absolute atomic E-state index is 0.235. The molecule has 0 aliphatic rings. The van der Waals surface area contributed by atoms with E-state index in [0.717, 1.165) is 11.1 Å². The lowest BCUT2D eigenvalue weighted by atomic mass is 10.2. The van der Waals surface area contributed by atoms with Gasteiger partial charge in [0.2, 0.25) is 0 Å². The maximum atomic E-state index is 10.8. The van der Waals surface area contributed by atoms with Crippen LogP contribution in [0.4, 0.5) is 11.9 Å². The van der Waals surface area contributed by atoms with Gasteiger partial charge in [0.15, 0.2) is 10.1 Å². The van der Waals surface area contributed by atoms with Gasteiger partial charge in [0.05, 0.1) is 22.8 Å². The molecule has 146 valence electrons. The summed E-state index contributed by atoms with van der Waals surface area (Å²) in [6.07, 6.45) is 3.43. The lowest BCUT2D eigenvalue weighted by Gasteiger charge is -2.07. The van der Waals surface area contributed by atoms with E-state index in [1.807, 2.05) is 38.5 Å². The molecule has 0 unspecified atom stereocenters. The minimum atomic E-state index is -0.778. The summed E-state index contributed by atoms with van der Waals surface area (Å²) in [7, 11) is 0. The molecule has 0 aliphatic carbocycles. The van der Waals surface area contributed by atoms with Crippen molar-refractivity contribution in [1.29, 1.82) is 0 Å². The van der Waals surface area contributed by atoms with E-state index in [1.165, 1.54) is 0 Å². The molecule has 2 aromatic rings. The molecule has 0 spiro atoms. The van der Waals surface area contributed by atoms with E-state index >= 15 is 0 Å². The second-order valence-corrected chi connectivity index (χ2v) is 6.18. The van der Waals surface area contributed by atoms with Gasteiger partial charge in [0, 0.05) is 0 Å². The SMILES string of the molecule is CC(C)=Cc1cc(-c2cc(C=C(C)C)nc(N[N+](=O)[O-])n2)nc(N[N+](=O)[O-])n1. The molecule has 0 saturated heterocycles. The standard InChI is InChI=1S/C16H18N8O4/c1-9(2)5-11-7-13(19-15(17-11)21-23(25)26)14-8-12(6-10(3)4)18-16(20-14)22-24(27)28/h5-8H,1-4H3,(H,17,19,21)(H,18,20,22). The van der Waals surface area contributed by atoms with Gasteiger partial charge < -0.3 is 0 Å². The van der Waals surface area contributed by atoms with Crippen LogP contribution in [0.15, 0.2) is 23.3 Å². The number of allylic oxidation sites excluding steroid dienone is 2. The van der Waals surface area contributed by atoms with Crippen molar-refractivity contribution in [3.63, 3.8) is 0 Å². The van der Waals surface area contributed by atoms with E-state index in [4.69, 9.17) is 0 Å². The summed E-state index contributed by atoms with van der Waals surface area (Å²) in [6.45, 7) is 7.39. The van der Waals surface area contributed by atoms with Crippen LogP contribution in [-0.4, -0.2) is 30.0 Å². The average molecular weight is 386 g/mol. The zero-order valence-corrected chi connectivity index (χ0v) is 15.6. The molecule has 0 atom stereocenters. The molecule has 2 rings (SSSR count). The third-order valence-corrected chi connectivity index (χ3v) is 3.01. The lowest BCUT2D eigenvalue weighted by molar-refractivity contribution is -0.446. The number of hydrogen-bond donors (Lipinski definition) is 2. The Morgan fingerprint density at radius 1 is 0.786 bits per heavy atom. The van der Waals surface area contributed by atoms with Gasteiger partial charge in [-0.3, -0.25) is 0 Å².